The van der Waals surface area contributed by atoms with Crippen LogP contribution in [-0.4, -0.2) is 21.9 Å². The number of carbonyl (C=O) groups is 2. The lowest BCUT2D eigenvalue weighted by Crippen LogP contribution is -2.29. The van der Waals surface area contributed by atoms with Crippen molar-refractivity contribution < 1.29 is 19.8 Å². The molecule has 1 atom stereocenters. The first-order valence-corrected chi connectivity index (χ1v) is 10.1. The zero-order valence-corrected chi connectivity index (χ0v) is 17.8. The number of hydrogen-bond donors (Lipinski definition) is 2. The summed E-state index contributed by atoms with van der Waals surface area (Å²) in [6.45, 7) is 0. The summed E-state index contributed by atoms with van der Waals surface area (Å²) in [4.78, 5) is 27.4. The van der Waals surface area contributed by atoms with Crippen LogP contribution >= 0.6 is 23.2 Å². The first kappa shape index (κ1) is 21.4. The van der Waals surface area contributed by atoms with E-state index >= 15 is 0 Å². The van der Waals surface area contributed by atoms with Crippen LogP contribution in [0.5, 0.6) is 5.75 Å². The number of Topliss-reactive ketones (excluding diaryl/α,β-unsaturated/α-hetero) is 1. The predicted molar refractivity (Wildman–Crippen MR) is 121 cm³/mol. The summed E-state index contributed by atoms with van der Waals surface area (Å²) in [7, 11) is 0. The summed E-state index contributed by atoms with van der Waals surface area (Å²) in [6, 6.07) is 17.5. The maximum absolute atomic E-state index is 13.1. The van der Waals surface area contributed by atoms with Gasteiger partial charge in [0.25, 0.3) is 11.7 Å². The standard InChI is InChI=1S/C24H14Cl2N2O4/c25-18-10-5-15(11-19(18)26)22(30)20-21(14-3-8-17(29)9-4-14)28(24(32)23(20)31)16-6-1-13(12-27)2-7-16/h1-11,21,29-30H/b22-20-. The van der Waals surface area contributed by atoms with Gasteiger partial charge in [-0.1, -0.05) is 35.3 Å². The number of halogens is 2. The van der Waals surface area contributed by atoms with Crippen molar-refractivity contribution >= 4 is 46.3 Å². The summed E-state index contributed by atoms with van der Waals surface area (Å²) < 4.78 is 0. The Labute approximate surface area is 193 Å². The molecule has 1 heterocycles. The summed E-state index contributed by atoms with van der Waals surface area (Å²) in [5.74, 6) is -2.12. The summed E-state index contributed by atoms with van der Waals surface area (Å²) in [5, 5.41) is 30.2. The SMILES string of the molecule is N#Cc1ccc(N2C(=O)C(=O)/C(=C(\O)c3ccc(Cl)c(Cl)c3)C2c2ccc(O)cc2)cc1. The summed E-state index contributed by atoms with van der Waals surface area (Å²) in [5.41, 5.74) is 1.34. The molecule has 1 aliphatic rings. The van der Waals surface area contributed by atoms with Gasteiger partial charge in [-0.3, -0.25) is 14.5 Å². The molecule has 0 aliphatic carbocycles. The minimum absolute atomic E-state index is 0.00792. The zero-order chi connectivity index (χ0) is 23.0. The zero-order valence-electron chi connectivity index (χ0n) is 16.3. The smallest absolute Gasteiger partial charge is 0.300 e. The maximum atomic E-state index is 13.1. The van der Waals surface area contributed by atoms with Gasteiger partial charge in [-0.25, -0.2) is 0 Å². The Morgan fingerprint density at radius 1 is 0.938 bits per heavy atom. The number of carbonyl (C=O) groups excluding carboxylic acids is 2. The molecule has 0 radical (unpaired) electrons. The van der Waals surface area contributed by atoms with Crippen LogP contribution in [0.3, 0.4) is 0 Å². The highest BCUT2D eigenvalue weighted by Crippen LogP contribution is 2.42. The molecule has 32 heavy (non-hydrogen) atoms. The molecule has 0 spiro atoms. The third-order valence-corrected chi connectivity index (χ3v) is 5.86. The quantitative estimate of drug-likeness (QED) is 0.315. The fourth-order valence-corrected chi connectivity index (χ4v) is 3.86. The largest absolute Gasteiger partial charge is 0.508 e. The number of aliphatic hydroxyl groups excluding tert-OH is 1. The maximum Gasteiger partial charge on any atom is 0.300 e. The first-order chi connectivity index (χ1) is 15.3. The normalized spacial score (nSPS) is 17.4. The highest BCUT2D eigenvalue weighted by Gasteiger charge is 2.47. The van der Waals surface area contributed by atoms with Crippen molar-refractivity contribution in [1.29, 1.82) is 5.26 Å². The molecule has 0 aromatic heterocycles. The molecular weight excluding hydrogens is 451 g/mol. The Morgan fingerprint density at radius 2 is 1.59 bits per heavy atom. The number of amides is 1. The molecule has 0 bridgehead atoms. The van der Waals surface area contributed by atoms with Crippen molar-refractivity contribution in [2.24, 2.45) is 0 Å². The Balaban J connectivity index is 1.94. The minimum Gasteiger partial charge on any atom is -0.508 e. The van der Waals surface area contributed by atoms with E-state index in [0.29, 0.717) is 16.8 Å². The molecule has 6 nitrogen and oxygen atoms in total. The molecule has 1 aliphatic heterocycles. The van der Waals surface area contributed by atoms with Crippen LogP contribution in [0.2, 0.25) is 10.0 Å². The lowest BCUT2D eigenvalue weighted by atomic mass is 9.95. The molecule has 3 aromatic rings. The topological polar surface area (TPSA) is 102 Å². The number of aliphatic hydroxyl groups is 1. The van der Waals surface area contributed by atoms with E-state index in [9.17, 15) is 19.8 Å². The Morgan fingerprint density at radius 3 is 2.19 bits per heavy atom. The number of nitriles is 1. The van der Waals surface area contributed by atoms with Gasteiger partial charge in [0, 0.05) is 11.3 Å². The van der Waals surface area contributed by atoms with Gasteiger partial charge in [0.15, 0.2) is 0 Å². The number of anilines is 1. The van der Waals surface area contributed by atoms with E-state index < -0.39 is 23.5 Å². The van der Waals surface area contributed by atoms with Crippen LogP contribution < -0.4 is 4.90 Å². The molecule has 1 unspecified atom stereocenters. The Bertz CT molecular complexity index is 1310. The van der Waals surface area contributed by atoms with Crippen LogP contribution in [0.15, 0.2) is 72.3 Å². The van der Waals surface area contributed by atoms with E-state index in [-0.39, 0.29) is 26.9 Å². The van der Waals surface area contributed by atoms with E-state index in [0.717, 1.165) is 0 Å². The fourth-order valence-electron chi connectivity index (χ4n) is 3.57. The van der Waals surface area contributed by atoms with E-state index in [1.54, 1.807) is 24.3 Å². The lowest BCUT2D eigenvalue weighted by Gasteiger charge is -2.25. The van der Waals surface area contributed by atoms with Gasteiger partial charge in [-0.2, -0.15) is 5.26 Å². The van der Waals surface area contributed by atoms with Crippen molar-refractivity contribution in [3.8, 4) is 11.8 Å². The number of phenolic OH excluding ortho intramolecular Hbond substituents is 1. The Kier molecular flexibility index (Phi) is 5.62. The van der Waals surface area contributed by atoms with E-state index in [1.165, 1.54) is 47.4 Å². The third kappa shape index (κ3) is 3.69. The minimum atomic E-state index is -0.974. The molecule has 158 valence electrons. The molecule has 1 fully saturated rings. The highest BCUT2D eigenvalue weighted by molar-refractivity contribution is 6.51. The molecule has 1 saturated heterocycles. The summed E-state index contributed by atoms with van der Waals surface area (Å²) >= 11 is 12.0. The van der Waals surface area contributed by atoms with Gasteiger partial charge in [0.2, 0.25) is 0 Å². The molecule has 3 aromatic carbocycles. The van der Waals surface area contributed by atoms with Crippen molar-refractivity contribution in [2.45, 2.75) is 6.04 Å². The van der Waals surface area contributed by atoms with Gasteiger partial charge in [0.05, 0.1) is 33.3 Å². The van der Waals surface area contributed by atoms with E-state index in [1.807, 2.05) is 6.07 Å². The van der Waals surface area contributed by atoms with Gasteiger partial charge in [-0.15, -0.1) is 0 Å². The predicted octanol–water partition coefficient (Wildman–Crippen LogP) is 5.20. The van der Waals surface area contributed by atoms with Crippen molar-refractivity contribution in [2.75, 3.05) is 4.90 Å². The molecule has 1 amide bonds. The third-order valence-electron chi connectivity index (χ3n) is 5.12. The van der Waals surface area contributed by atoms with Gasteiger partial charge in [-0.05, 0) is 60.2 Å². The number of hydrogen-bond acceptors (Lipinski definition) is 5. The number of phenols is 1. The number of rotatable bonds is 3. The molecule has 8 heteroatoms. The van der Waals surface area contributed by atoms with E-state index in [2.05, 4.69) is 0 Å². The fraction of sp³-hybridized carbons (Fsp3) is 0.0417. The Hall–Kier alpha value is -3.79. The van der Waals surface area contributed by atoms with Gasteiger partial charge in [0.1, 0.15) is 11.5 Å². The number of nitrogens with zero attached hydrogens (tertiary/aromatic N) is 2. The second-order valence-corrected chi connectivity index (χ2v) is 7.86. The average Bonchev–Trinajstić information content (AvgIpc) is 3.06. The first-order valence-electron chi connectivity index (χ1n) is 9.37. The van der Waals surface area contributed by atoms with Crippen molar-refractivity contribution in [3.05, 3.63) is 99.0 Å². The molecule has 0 saturated carbocycles. The van der Waals surface area contributed by atoms with E-state index in [4.69, 9.17) is 28.5 Å². The van der Waals surface area contributed by atoms with Crippen LogP contribution in [0.25, 0.3) is 5.76 Å². The molecular formula is C24H14Cl2N2O4. The van der Waals surface area contributed by atoms with Crippen LogP contribution in [-0.2, 0) is 9.59 Å². The molecule has 2 N–H and O–H groups in total. The highest BCUT2D eigenvalue weighted by atomic mass is 35.5. The van der Waals surface area contributed by atoms with Crippen LogP contribution in [0.4, 0.5) is 5.69 Å². The second kappa shape index (κ2) is 8.39. The van der Waals surface area contributed by atoms with Gasteiger partial charge >= 0.3 is 0 Å². The summed E-state index contributed by atoms with van der Waals surface area (Å²) in [6.07, 6.45) is 0. The van der Waals surface area contributed by atoms with Crippen LogP contribution in [0.1, 0.15) is 22.7 Å². The van der Waals surface area contributed by atoms with Crippen molar-refractivity contribution in [3.63, 3.8) is 0 Å². The second-order valence-electron chi connectivity index (χ2n) is 7.05. The molecule has 4 rings (SSSR count). The number of ketones is 1. The number of aromatic hydroxyl groups is 1. The lowest BCUT2D eigenvalue weighted by molar-refractivity contribution is -0.132. The van der Waals surface area contributed by atoms with Gasteiger partial charge < -0.3 is 10.2 Å². The monoisotopic (exact) mass is 464 g/mol. The number of benzene rings is 3. The average molecular weight is 465 g/mol. The van der Waals surface area contributed by atoms with Crippen LogP contribution in [0, 0.1) is 11.3 Å². The van der Waals surface area contributed by atoms with Crippen molar-refractivity contribution in [1.82, 2.24) is 0 Å².